The van der Waals surface area contributed by atoms with Gasteiger partial charge in [-0.1, -0.05) is 12.1 Å². The van der Waals surface area contributed by atoms with E-state index in [0.29, 0.717) is 31.5 Å². The second-order valence-corrected chi connectivity index (χ2v) is 9.81. The molecule has 164 valence electrons. The number of piperidine rings is 1. The zero-order valence-corrected chi connectivity index (χ0v) is 18.2. The molecule has 1 amide bonds. The molecule has 0 aromatic heterocycles. The van der Waals surface area contributed by atoms with Crippen LogP contribution in [0.3, 0.4) is 0 Å². The van der Waals surface area contributed by atoms with E-state index in [1.165, 1.54) is 35.5 Å². The van der Waals surface area contributed by atoms with Crippen molar-refractivity contribution in [3.63, 3.8) is 0 Å². The summed E-state index contributed by atoms with van der Waals surface area (Å²) >= 11 is 0. The smallest absolute Gasteiger partial charge is 0.309 e. The van der Waals surface area contributed by atoms with E-state index in [1.54, 1.807) is 11.8 Å². The monoisotopic (exact) mass is 436 g/mol. The molecule has 8 nitrogen and oxygen atoms in total. The highest BCUT2D eigenvalue weighted by Crippen LogP contribution is 2.25. The molecule has 30 heavy (non-hydrogen) atoms. The first kappa shape index (κ1) is 22.4. The first-order valence-electron chi connectivity index (χ1n) is 10.3. The van der Waals surface area contributed by atoms with Crippen LogP contribution in [0.25, 0.3) is 0 Å². The van der Waals surface area contributed by atoms with Crippen LogP contribution in [0.5, 0.6) is 0 Å². The third-order valence-electron chi connectivity index (χ3n) is 5.74. The summed E-state index contributed by atoms with van der Waals surface area (Å²) in [6.07, 6.45) is 1.80. The van der Waals surface area contributed by atoms with Gasteiger partial charge < -0.3 is 9.64 Å². The Labute approximate surface area is 177 Å². The summed E-state index contributed by atoms with van der Waals surface area (Å²) in [6, 6.07) is 5.85. The number of Topliss-reactive ketones (excluding diaryl/α,β-unsaturated/α-hetero) is 1. The van der Waals surface area contributed by atoms with Crippen molar-refractivity contribution in [1.82, 2.24) is 9.21 Å². The molecule has 1 aromatic carbocycles. The molecule has 2 heterocycles. The number of hydrogen-bond donors (Lipinski definition) is 0. The van der Waals surface area contributed by atoms with Gasteiger partial charge in [-0.15, -0.1) is 0 Å². The van der Waals surface area contributed by atoms with Crippen molar-refractivity contribution in [2.75, 3.05) is 26.2 Å². The van der Waals surface area contributed by atoms with Gasteiger partial charge in [-0.2, -0.15) is 4.31 Å². The van der Waals surface area contributed by atoms with Gasteiger partial charge in [-0.3, -0.25) is 14.4 Å². The quantitative estimate of drug-likeness (QED) is 0.498. The fourth-order valence-corrected chi connectivity index (χ4v) is 5.33. The van der Waals surface area contributed by atoms with Crippen LogP contribution in [0.2, 0.25) is 0 Å². The summed E-state index contributed by atoms with van der Waals surface area (Å²) in [4.78, 5) is 38.0. The number of carbonyl (C=O) groups is 3. The molecule has 0 N–H and O–H groups in total. The summed E-state index contributed by atoms with van der Waals surface area (Å²) in [5.74, 6) is -1.17. The minimum absolute atomic E-state index is 0.123. The maximum Gasteiger partial charge on any atom is 0.309 e. The summed E-state index contributed by atoms with van der Waals surface area (Å²) in [5, 5.41) is 0. The van der Waals surface area contributed by atoms with Crippen molar-refractivity contribution in [2.24, 2.45) is 5.92 Å². The molecule has 0 aliphatic carbocycles. The Hall–Kier alpha value is -2.26. The summed E-state index contributed by atoms with van der Waals surface area (Å²) in [5.41, 5.74) is 0.452. The zero-order valence-electron chi connectivity index (χ0n) is 17.4. The van der Waals surface area contributed by atoms with E-state index in [9.17, 15) is 22.8 Å². The standard InChI is InChI=1S/C21H28N2O6S/c1-15(24)17-5-7-19(8-6-17)30(27,28)23-13-9-18(10-14-23)21(26)29-16(2)20(25)22-11-3-4-12-22/h5-8,16,18H,3-4,9-14H2,1-2H3/t16-/m1/s1. The number of amides is 1. The highest BCUT2D eigenvalue weighted by molar-refractivity contribution is 7.89. The van der Waals surface area contributed by atoms with Gasteiger partial charge in [0, 0.05) is 31.7 Å². The Balaban J connectivity index is 1.55. The van der Waals surface area contributed by atoms with Crippen LogP contribution in [-0.2, 0) is 24.3 Å². The maximum absolute atomic E-state index is 12.8. The molecule has 0 bridgehead atoms. The molecule has 2 aliphatic heterocycles. The lowest BCUT2D eigenvalue weighted by atomic mass is 9.98. The first-order chi connectivity index (χ1) is 14.2. The van der Waals surface area contributed by atoms with Gasteiger partial charge >= 0.3 is 5.97 Å². The topological polar surface area (TPSA) is 101 Å². The van der Waals surface area contributed by atoms with E-state index in [2.05, 4.69) is 0 Å². The third-order valence-corrected chi connectivity index (χ3v) is 7.66. The van der Waals surface area contributed by atoms with Crippen LogP contribution in [0.15, 0.2) is 29.2 Å². The summed E-state index contributed by atoms with van der Waals surface area (Å²) < 4.78 is 32.4. The van der Waals surface area contributed by atoms with Crippen molar-refractivity contribution in [3.05, 3.63) is 29.8 Å². The molecular formula is C21H28N2O6S. The molecule has 1 atom stereocenters. The Morgan fingerprint density at radius 1 is 1.00 bits per heavy atom. The Morgan fingerprint density at radius 3 is 2.10 bits per heavy atom. The second-order valence-electron chi connectivity index (χ2n) is 7.87. The number of rotatable bonds is 6. The van der Waals surface area contributed by atoms with Crippen LogP contribution in [0.1, 0.15) is 49.9 Å². The number of benzene rings is 1. The number of sulfonamides is 1. The predicted octanol–water partition coefficient (Wildman–Crippen LogP) is 1.84. The molecule has 2 aliphatic rings. The van der Waals surface area contributed by atoms with E-state index in [4.69, 9.17) is 4.74 Å². The number of nitrogens with zero attached hydrogens (tertiary/aromatic N) is 2. The van der Waals surface area contributed by atoms with Crippen molar-refractivity contribution >= 4 is 27.7 Å². The van der Waals surface area contributed by atoms with Gasteiger partial charge in [0.2, 0.25) is 10.0 Å². The predicted molar refractivity (Wildman–Crippen MR) is 109 cm³/mol. The van der Waals surface area contributed by atoms with Crippen molar-refractivity contribution in [3.8, 4) is 0 Å². The fraction of sp³-hybridized carbons (Fsp3) is 0.571. The number of likely N-dealkylation sites (tertiary alicyclic amines) is 1. The fourth-order valence-electron chi connectivity index (χ4n) is 3.86. The molecule has 9 heteroatoms. The van der Waals surface area contributed by atoms with Crippen LogP contribution in [0, 0.1) is 5.92 Å². The van der Waals surface area contributed by atoms with Crippen molar-refractivity contribution in [1.29, 1.82) is 0 Å². The maximum atomic E-state index is 12.8. The lowest BCUT2D eigenvalue weighted by Crippen LogP contribution is -2.43. The number of carbonyl (C=O) groups excluding carboxylic acids is 3. The average Bonchev–Trinajstić information content (AvgIpc) is 3.28. The summed E-state index contributed by atoms with van der Waals surface area (Å²) in [6.45, 7) is 4.81. The van der Waals surface area contributed by atoms with Gasteiger partial charge in [0.15, 0.2) is 11.9 Å². The van der Waals surface area contributed by atoms with Gasteiger partial charge in [-0.05, 0) is 51.7 Å². The number of esters is 1. The summed E-state index contributed by atoms with van der Waals surface area (Å²) in [7, 11) is -3.69. The molecular weight excluding hydrogens is 408 g/mol. The van der Waals surface area contributed by atoms with Crippen LogP contribution >= 0.6 is 0 Å². The third kappa shape index (κ3) is 4.89. The van der Waals surface area contributed by atoms with E-state index in [0.717, 1.165) is 12.8 Å². The number of hydrogen-bond acceptors (Lipinski definition) is 6. The van der Waals surface area contributed by atoms with Crippen LogP contribution in [-0.4, -0.2) is 67.6 Å². The second kappa shape index (κ2) is 9.26. The molecule has 1 aromatic rings. The van der Waals surface area contributed by atoms with Gasteiger partial charge in [0.1, 0.15) is 0 Å². The molecule has 0 spiro atoms. The molecule has 2 fully saturated rings. The van der Waals surface area contributed by atoms with Gasteiger partial charge in [-0.25, -0.2) is 8.42 Å². The molecule has 2 saturated heterocycles. The minimum atomic E-state index is -3.69. The van der Waals surface area contributed by atoms with Gasteiger partial charge in [0.25, 0.3) is 5.91 Å². The highest BCUT2D eigenvalue weighted by Gasteiger charge is 2.34. The lowest BCUT2D eigenvalue weighted by molar-refractivity contribution is -0.163. The number of ketones is 1. The Kier molecular flexibility index (Phi) is 6.92. The van der Waals surface area contributed by atoms with Crippen LogP contribution < -0.4 is 0 Å². The normalized spacial score (nSPS) is 19.5. The highest BCUT2D eigenvalue weighted by atomic mass is 32.2. The van der Waals surface area contributed by atoms with E-state index in [-0.39, 0.29) is 29.7 Å². The van der Waals surface area contributed by atoms with E-state index >= 15 is 0 Å². The molecule has 0 radical (unpaired) electrons. The van der Waals surface area contributed by atoms with E-state index < -0.39 is 28.0 Å². The van der Waals surface area contributed by atoms with Crippen molar-refractivity contribution in [2.45, 2.75) is 50.5 Å². The Bertz CT molecular complexity index is 898. The van der Waals surface area contributed by atoms with E-state index in [1.807, 2.05) is 0 Å². The zero-order chi connectivity index (χ0) is 21.9. The number of ether oxygens (including phenoxy) is 1. The lowest BCUT2D eigenvalue weighted by Gasteiger charge is -2.31. The largest absolute Gasteiger partial charge is 0.452 e. The Morgan fingerprint density at radius 2 is 1.57 bits per heavy atom. The van der Waals surface area contributed by atoms with Crippen LogP contribution in [0.4, 0.5) is 0 Å². The molecule has 3 rings (SSSR count). The first-order valence-corrected chi connectivity index (χ1v) is 11.7. The van der Waals surface area contributed by atoms with Gasteiger partial charge in [0.05, 0.1) is 10.8 Å². The molecule has 0 saturated carbocycles. The molecule has 0 unspecified atom stereocenters. The average molecular weight is 437 g/mol. The minimum Gasteiger partial charge on any atom is -0.452 e. The van der Waals surface area contributed by atoms with Crippen molar-refractivity contribution < 1.29 is 27.5 Å². The SMILES string of the molecule is CC(=O)c1ccc(S(=O)(=O)N2CCC(C(=O)O[C@H](C)C(=O)N3CCCC3)CC2)cc1.